The third-order valence-corrected chi connectivity index (χ3v) is 1.97. The molecule has 0 fully saturated rings. The van der Waals surface area contributed by atoms with Crippen LogP contribution in [0.4, 0.5) is 0 Å². The number of hydrogen-bond donors (Lipinski definition) is 0. The van der Waals surface area contributed by atoms with Gasteiger partial charge in [0.2, 0.25) is 0 Å². The van der Waals surface area contributed by atoms with Crippen molar-refractivity contribution in [3.8, 4) is 0 Å². The topological polar surface area (TPSA) is 43.4 Å². The minimum Gasteiger partial charge on any atom is -0.468 e. The first-order valence-electron chi connectivity index (χ1n) is 4.86. The molecule has 0 saturated heterocycles. The van der Waals surface area contributed by atoms with Gasteiger partial charge in [-0.1, -0.05) is 25.5 Å². The van der Waals surface area contributed by atoms with Gasteiger partial charge in [0.15, 0.2) is 0 Å². The molecule has 0 aliphatic heterocycles. The van der Waals surface area contributed by atoms with Gasteiger partial charge in [0.05, 0.1) is 7.11 Å². The SMILES string of the molecule is CCC/C=C/CC(C(C)=O)C(=O)OC. The summed E-state index contributed by atoms with van der Waals surface area (Å²) in [6, 6.07) is 0. The number of hydrogen-bond acceptors (Lipinski definition) is 3. The number of rotatable bonds is 6. The van der Waals surface area contributed by atoms with E-state index in [4.69, 9.17) is 0 Å². The van der Waals surface area contributed by atoms with Crippen molar-refractivity contribution in [2.24, 2.45) is 5.92 Å². The number of carbonyl (C=O) groups is 2. The lowest BCUT2D eigenvalue weighted by Gasteiger charge is -2.07. The largest absolute Gasteiger partial charge is 0.468 e. The highest BCUT2D eigenvalue weighted by atomic mass is 16.5. The summed E-state index contributed by atoms with van der Waals surface area (Å²) in [5, 5.41) is 0. The Balaban J connectivity index is 4.11. The maximum atomic E-state index is 11.1. The van der Waals surface area contributed by atoms with Crippen LogP contribution in [0.1, 0.15) is 33.1 Å². The van der Waals surface area contributed by atoms with Gasteiger partial charge < -0.3 is 4.74 Å². The standard InChI is InChI=1S/C11H18O3/c1-4-5-6-7-8-10(9(2)12)11(13)14-3/h6-7,10H,4-5,8H2,1-3H3/b7-6+. The maximum absolute atomic E-state index is 11.1. The molecule has 3 nitrogen and oxygen atoms in total. The van der Waals surface area contributed by atoms with Crippen LogP contribution in [-0.2, 0) is 14.3 Å². The molecular weight excluding hydrogens is 180 g/mol. The number of ether oxygens (including phenoxy) is 1. The smallest absolute Gasteiger partial charge is 0.316 e. The predicted molar refractivity (Wildman–Crippen MR) is 54.9 cm³/mol. The molecule has 80 valence electrons. The van der Waals surface area contributed by atoms with Crippen LogP contribution in [0.5, 0.6) is 0 Å². The fourth-order valence-corrected chi connectivity index (χ4v) is 1.09. The van der Waals surface area contributed by atoms with Crippen LogP contribution in [0.2, 0.25) is 0 Å². The summed E-state index contributed by atoms with van der Waals surface area (Å²) in [5.74, 6) is -1.22. The van der Waals surface area contributed by atoms with Crippen molar-refractivity contribution in [3.63, 3.8) is 0 Å². The first-order valence-corrected chi connectivity index (χ1v) is 4.86. The Bertz CT molecular complexity index is 219. The Kier molecular flexibility index (Phi) is 6.72. The first kappa shape index (κ1) is 12.9. The number of ketones is 1. The Morgan fingerprint density at radius 2 is 2.00 bits per heavy atom. The Morgan fingerprint density at radius 1 is 1.36 bits per heavy atom. The van der Waals surface area contributed by atoms with Crippen LogP contribution >= 0.6 is 0 Å². The van der Waals surface area contributed by atoms with Crippen molar-refractivity contribution >= 4 is 11.8 Å². The molecule has 1 unspecified atom stereocenters. The monoisotopic (exact) mass is 198 g/mol. The number of Topliss-reactive ketones (excluding diaryl/α,β-unsaturated/α-hetero) is 1. The van der Waals surface area contributed by atoms with Crippen LogP contribution in [0.25, 0.3) is 0 Å². The zero-order valence-electron chi connectivity index (χ0n) is 9.08. The number of carbonyl (C=O) groups excluding carboxylic acids is 2. The molecule has 0 bridgehead atoms. The number of allylic oxidation sites excluding steroid dienone is 2. The van der Waals surface area contributed by atoms with Crippen molar-refractivity contribution in [1.29, 1.82) is 0 Å². The molecule has 0 aromatic carbocycles. The molecule has 0 aromatic rings. The van der Waals surface area contributed by atoms with Crippen molar-refractivity contribution in [2.45, 2.75) is 33.1 Å². The van der Waals surface area contributed by atoms with Gasteiger partial charge in [0.1, 0.15) is 11.7 Å². The van der Waals surface area contributed by atoms with Crippen molar-refractivity contribution < 1.29 is 14.3 Å². The number of esters is 1. The second-order valence-electron chi connectivity index (χ2n) is 3.18. The molecule has 0 spiro atoms. The van der Waals surface area contributed by atoms with Gasteiger partial charge in [-0.05, 0) is 19.8 Å². The molecule has 0 amide bonds. The van der Waals surface area contributed by atoms with E-state index in [2.05, 4.69) is 11.7 Å². The molecule has 14 heavy (non-hydrogen) atoms. The highest BCUT2D eigenvalue weighted by molar-refractivity contribution is 5.97. The summed E-state index contributed by atoms with van der Waals surface area (Å²) >= 11 is 0. The molecule has 0 radical (unpaired) electrons. The maximum Gasteiger partial charge on any atom is 0.316 e. The molecule has 0 aliphatic rings. The third kappa shape index (κ3) is 4.80. The zero-order chi connectivity index (χ0) is 11.0. The number of unbranched alkanes of at least 4 members (excludes halogenated alkanes) is 1. The van der Waals surface area contributed by atoms with Gasteiger partial charge in [-0.25, -0.2) is 0 Å². The van der Waals surface area contributed by atoms with E-state index in [9.17, 15) is 9.59 Å². The minimum absolute atomic E-state index is 0.141. The predicted octanol–water partition coefficient (Wildman–Crippen LogP) is 2.11. The lowest BCUT2D eigenvalue weighted by molar-refractivity contribution is -0.148. The molecule has 0 heterocycles. The summed E-state index contributed by atoms with van der Waals surface area (Å²) in [4.78, 5) is 22.2. The molecule has 0 aromatic heterocycles. The first-order chi connectivity index (χ1) is 6.63. The van der Waals surface area contributed by atoms with Gasteiger partial charge in [-0.2, -0.15) is 0 Å². The van der Waals surface area contributed by atoms with Gasteiger partial charge in [0, 0.05) is 0 Å². The zero-order valence-corrected chi connectivity index (χ0v) is 9.08. The van der Waals surface area contributed by atoms with Crippen LogP contribution in [0.3, 0.4) is 0 Å². The minimum atomic E-state index is -0.631. The second kappa shape index (κ2) is 7.30. The Morgan fingerprint density at radius 3 is 2.43 bits per heavy atom. The van der Waals surface area contributed by atoms with Crippen LogP contribution in [0.15, 0.2) is 12.2 Å². The van der Waals surface area contributed by atoms with E-state index in [0.29, 0.717) is 6.42 Å². The lowest BCUT2D eigenvalue weighted by atomic mass is 10.0. The molecule has 0 aliphatic carbocycles. The van der Waals surface area contributed by atoms with Crippen molar-refractivity contribution in [1.82, 2.24) is 0 Å². The fourth-order valence-electron chi connectivity index (χ4n) is 1.09. The quantitative estimate of drug-likeness (QED) is 0.373. The lowest BCUT2D eigenvalue weighted by Crippen LogP contribution is -2.22. The second-order valence-corrected chi connectivity index (χ2v) is 3.18. The summed E-state index contributed by atoms with van der Waals surface area (Å²) in [6.45, 7) is 3.49. The van der Waals surface area contributed by atoms with E-state index in [1.807, 2.05) is 12.2 Å². The highest BCUT2D eigenvalue weighted by Crippen LogP contribution is 2.08. The molecule has 0 N–H and O–H groups in total. The van der Waals surface area contributed by atoms with Crippen LogP contribution in [0, 0.1) is 5.92 Å². The van der Waals surface area contributed by atoms with Gasteiger partial charge in [-0.3, -0.25) is 9.59 Å². The van der Waals surface area contributed by atoms with Gasteiger partial charge in [-0.15, -0.1) is 0 Å². The van der Waals surface area contributed by atoms with Crippen molar-refractivity contribution in [3.05, 3.63) is 12.2 Å². The van der Waals surface area contributed by atoms with E-state index >= 15 is 0 Å². The summed E-state index contributed by atoms with van der Waals surface area (Å²) in [7, 11) is 1.30. The van der Waals surface area contributed by atoms with E-state index in [-0.39, 0.29) is 5.78 Å². The normalized spacial score (nSPS) is 12.8. The molecule has 0 saturated carbocycles. The van der Waals surface area contributed by atoms with Gasteiger partial charge >= 0.3 is 5.97 Å². The van der Waals surface area contributed by atoms with E-state index in [0.717, 1.165) is 12.8 Å². The molecule has 1 atom stereocenters. The molecule has 0 rings (SSSR count). The summed E-state index contributed by atoms with van der Waals surface area (Å²) in [5.41, 5.74) is 0. The molecular formula is C11H18O3. The van der Waals surface area contributed by atoms with Crippen LogP contribution < -0.4 is 0 Å². The summed E-state index contributed by atoms with van der Waals surface area (Å²) in [6.07, 6.45) is 6.35. The Hall–Kier alpha value is -1.12. The Labute approximate surface area is 85.1 Å². The fraction of sp³-hybridized carbons (Fsp3) is 0.636. The average molecular weight is 198 g/mol. The van der Waals surface area contributed by atoms with Crippen molar-refractivity contribution in [2.75, 3.05) is 7.11 Å². The van der Waals surface area contributed by atoms with E-state index in [1.54, 1.807) is 0 Å². The third-order valence-electron chi connectivity index (χ3n) is 1.97. The van der Waals surface area contributed by atoms with Crippen LogP contribution in [-0.4, -0.2) is 18.9 Å². The average Bonchev–Trinajstić information content (AvgIpc) is 2.16. The van der Waals surface area contributed by atoms with Gasteiger partial charge in [0.25, 0.3) is 0 Å². The highest BCUT2D eigenvalue weighted by Gasteiger charge is 2.22. The van der Waals surface area contributed by atoms with E-state index in [1.165, 1.54) is 14.0 Å². The van der Waals surface area contributed by atoms with E-state index < -0.39 is 11.9 Å². The summed E-state index contributed by atoms with van der Waals surface area (Å²) < 4.78 is 4.54. The number of methoxy groups -OCH3 is 1. The molecule has 3 heteroatoms.